The third-order valence-electron chi connectivity index (χ3n) is 4.96. The van der Waals surface area contributed by atoms with Crippen LogP contribution >= 0.6 is 0 Å². The minimum absolute atomic E-state index is 0.0101. The Hall–Kier alpha value is -2.08. The van der Waals surface area contributed by atoms with Crippen LogP contribution in [0.5, 0.6) is 0 Å². The molecular weight excluding hydrogens is 306 g/mol. The summed E-state index contributed by atoms with van der Waals surface area (Å²) in [5.74, 6) is 1.40. The van der Waals surface area contributed by atoms with E-state index in [0.717, 1.165) is 31.2 Å². The van der Waals surface area contributed by atoms with E-state index >= 15 is 0 Å². The molecule has 0 aromatic carbocycles. The summed E-state index contributed by atoms with van der Waals surface area (Å²) < 4.78 is 13.2. The van der Waals surface area contributed by atoms with E-state index in [9.17, 15) is 4.79 Å². The van der Waals surface area contributed by atoms with Crippen molar-refractivity contribution in [2.45, 2.75) is 45.3 Å². The largest absolute Gasteiger partial charge is 0.469 e. The molecule has 128 valence electrons. The molecule has 2 aliphatic rings. The standard InChI is InChI=1S/C18H23N3O3/c1-13-17(6-9-24-13)18(22)20-10-15-4-7-19-21(15)8-5-16(20)12-23-11-14-2-3-14/h4,6-7,9,14,16H,2-3,5,8,10-12H2,1H3. The van der Waals surface area contributed by atoms with E-state index in [1.54, 1.807) is 18.5 Å². The van der Waals surface area contributed by atoms with Crippen molar-refractivity contribution in [3.8, 4) is 0 Å². The molecule has 0 N–H and O–H groups in total. The quantitative estimate of drug-likeness (QED) is 0.846. The van der Waals surface area contributed by atoms with Gasteiger partial charge in [0.15, 0.2) is 0 Å². The van der Waals surface area contributed by atoms with Gasteiger partial charge >= 0.3 is 0 Å². The number of carbonyl (C=O) groups excluding carboxylic acids is 1. The molecule has 1 amide bonds. The zero-order valence-corrected chi connectivity index (χ0v) is 14.0. The van der Waals surface area contributed by atoms with Gasteiger partial charge in [-0.25, -0.2) is 0 Å². The van der Waals surface area contributed by atoms with Crippen molar-refractivity contribution in [3.05, 3.63) is 41.6 Å². The molecule has 0 bridgehead atoms. The molecule has 1 fully saturated rings. The Morgan fingerprint density at radius 2 is 2.21 bits per heavy atom. The molecule has 6 nitrogen and oxygen atoms in total. The van der Waals surface area contributed by atoms with Gasteiger partial charge in [-0.1, -0.05) is 0 Å². The Labute approximate surface area is 141 Å². The SMILES string of the molecule is Cc1occc1C(=O)N1Cc2ccnn2CCC1COCC1CC1. The second kappa shape index (κ2) is 6.43. The Morgan fingerprint density at radius 3 is 2.96 bits per heavy atom. The summed E-state index contributed by atoms with van der Waals surface area (Å²) in [4.78, 5) is 15.0. The maximum atomic E-state index is 13.1. The molecule has 2 aromatic heterocycles. The summed E-state index contributed by atoms with van der Waals surface area (Å²) in [5.41, 5.74) is 1.70. The molecular formula is C18H23N3O3. The van der Waals surface area contributed by atoms with Gasteiger partial charge in [0.05, 0.1) is 36.7 Å². The van der Waals surface area contributed by atoms with Crippen molar-refractivity contribution < 1.29 is 13.9 Å². The molecule has 2 aromatic rings. The molecule has 1 aliphatic heterocycles. The van der Waals surface area contributed by atoms with Gasteiger partial charge < -0.3 is 14.1 Å². The van der Waals surface area contributed by atoms with Crippen molar-refractivity contribution in [3.63, 3.8) is 0 Å². The molecule has 1 aliphatic carbocycles. The van der Waals surface area contributed by atoms with Crippen LogP contribution < -0.4 is 0 Å². The van der Waals surface area contributed by atoms with E-state index in [1.165, 1.54) is 12.8 Å². The van der Waals surface area contributed by atoms with E-state index in [-0.39, 0.29) is 11.9 Å². The van der Waals surface area contributed by atoms with Crippen LogP contribution in [-0.2, 0) is 17.8 Å². The maximum absolute atomic E-state index is 13.1. The van der Waals surface area contributed by atoms with Crippen molar-refractivity contribution in [2.24, 2.45) is 5.92 Å². The van der Waals surface area contributed by atoms with Crippen LogP contribution in [0.15, 0.2) is 29.0 Å². The summed E-state index contributed by atoms with van der Waals surface area (Å²) >= 11 is 0. The Kier molecular flexibility index (Phi) is 4.14. The van der Waals surface area contributed by atoms with Crippen LogP contribution in [0.2, 0.25) is 0 Å². The van der Waals surface area contributed by atoms with Gasteiger partial charge in [-0.2, -0.15) is 5.10 Å². The Bertz CT molecular complexity index is 717. The number of aryl methyl sites for hydroxylation is 2. The minimum atomic E-state index is 0.0101. The molecule has 0 spiro atoms. The van der Waals surface area contributed by atoms with E-state index in [1.807, 2.05) is 22.6 Å². The van der Waals surface area contributed by atoms with Gasteiger partial charge in [-0.3, -0.25) is 9.48 Å². The van der Waals surface area contributed by atoms with Gasteiger partial charge in [0.2, 0.25) is 0 Å². The number of furan rings is 1. The van der Waals surface area contributed by atoms with Crippen molar-refractivity contribution in [1.82, 2.24) is 14.7 Å². The van der Waals surface area contributed by atoms with Crippen LogP contribution in [0.4, 0.5) is 0 Å². The molecule has 6 heteroatoms. The molecule has 3 heterocycles. The highest BCUT2D eigenvalue weighted by molar-refractivity contribution is 5.95. The van der Waals surface area contributed by atoms with Crippen molar-refractivity contribution >= 4 is 5.91 Å². The van der Waals surface area contributed by atoms with E-state index in [4.69, 9.17) is 9.15 Å². The lowest BCUT2D eigenvalue weighted by atomic mass is 10.1. The zero-order chi connectivity index (χ0) is 16.5. The predicted molar refractivity (Wildman–Crippen MR) is 87.5 cm³/mol. The lowest BCUT2D eigenvalue weighted by Crippen LogP contribution is -2.42. The smallest absolute Gasteiger partial charge is 0.258 e. The lowest BCUT2D eigenvalue weighted by Gasteiger charge is -2.29. The third kappa shape index (κ3) is 3.11. The number of aromatic nitrogens is 2. The van der Waals surface area contributed by atoms with Gasteiger partial charge in [0, 0.05) is 19.3 Å². The normalized spacial score (nSPS) is 20.7. The number of rotatable bonds is 5. The first-order valence-electron chi connectivity index (χ1n) is 8.66. The van der Waals surface area contributed by atoms with Gasteiger partial charge in [0.1, 0.15) is 5.76 Å². The van der Waals surface area contributed by atoms with Crippen LogP contribution in [0, 0.1) is 12.8 Å². The van der Waals surface area contributed by atoms with Crippen LogP contribution in [0.25, 0.3) is 0 Å². The first-order chi connectivity index (χ1) is 11.7. The van der Waals surface area contributed by atoms with E-state index in [2.05, 4.69) is 5.10 Å². The number of nitrogens with zero attached hydrogens (tertiary/aromatic N) is 3. The summed E-state index contributed by atoms with van der Waals surface area (Å²) in [7, 11) is 0. The molecule has 1 atom stereocenters. The number of carbonyl (C=O) groups is 1. The van der Waals surface area contributed by atoms with Gasteiger partial charge in [-0.15, -0.1) is 0 Å². The van der Waals surface area contributed by atoms with Crippen molar-refractivity contribution in [1.29, 1.82) is 0 Å². The molecule has 0 saturated heterocycles. The summed E-state index contributed by atoms with van der Waals surface area (Å²) in [6.45, 7) is 4.60. The molecule has 0 radical (unpaired) electrons. The Balaban J connectivity index is 1.54. The fraction of sp³-hybridized carbons (Fsp3) is 0.556. The average molecular weight is 329 g/mol. The number of amides is 1. The van der Waals surface area contributed by atoms with Gasteiger partial charge in [0.25, 0.3) is 5.91 Å². The number of hydrogen-bond acceptors (Lipinski definition) is 4. The minimum Gasteiger partial charge on any atom is -0.469 e. The fourth-order valence-electron chi connectivity index (χ4n) is 3.25. The molecule has 4 rings (SSSR count). The van der Waals surface area contributed by atoms with Gasteiger partial charge in [-0.05, 0) is 44.2 Å². The number of hydrogen-bond donors (Lipinski definition) is 0. The van der Waals surface area contributed by atoms with Crippen molar-refractivity contribution in [2.75, 3.05) is 13.2 Å². The third-order valence-corrected chi connectivity index (χ3v) is 4.96. The monoisotopic (exact) mass is 329 g/mol. The van der Waals surface area contributed by atoms with Crippen LogP contribution in [0.1, 0.15) is 41.1 Å². The fourth-order valence-corrected chi connectivity index (χ4v) is 3.25. The van der Waals surface area contributed by atoms with E-state index in [0.29, 0.717) is 24.5 Å². The first-order valence-corrected chi connectivity index (χ1v) is 8.66. The second-order valence-corrected chi connectivity index (χ2v) is 6.79. The summed E-state index contributed by atoms with van der Waals surface area (Å²) in [5, 5.41) is 4.36. The maximum Gasteiger partial charge on any atom is 0.258 e. The molecule has 1 unspecified atom stereocenters. The zero-order valence-electron chi connectivity index (χ0n) is 14.0. The number of fused-ring (bicyclic) bond motifs is 1. The van der Waals surface area contributed by atoms with E-state index < -0.39 is 0 Å². The van der Waals surface area contributed by atoms with Crippen LogP contribution in [-0.4, -0.2) is 39.8 Å². The highest BCUT2D eigenvalue weighted by atomic mass is 16.5. The van der Waals surface area contributed by atoms with Crippen LogP contribution in [0.3, 0.4) is 0 Å². The summed E-state index contributed by atoms with van der Waals surface area (Å²) in [6, 6.07) is 3.80. The predicted octanol–water partition coefficient (Wildman–Crippen LogP) is 2.63. The first kappa shape index (κ1) is 15.4. The molecule has 1 saturated carbocycles. The highest BCUT2D eigenvalue weighted by Gasteiger charge is 2.31. The highest BCUT2D eigenvalue weighted by Crippen LogP contribution is 2.29. The Morgan fingerprint density at radius 1 is 1.33 bits per heavy atom. The number of ether oxygens (including phenoxy) is 1. The topological polar surface area (TPSA) is 60.5 Å². The summed E-state index contributed by atoms with van der Waals surface area (Å²) in [6.07, 6.45) is 6.77. The molecule has 24 heavy (non-hydrogen) atoms. The second-order valence-electron chi connectivity index (χ2n) is 6.79. The average Bonchev–Trinajstić information content (AvgIpc) is 3.19. The lowest BCUT2D eigenvalue weighted by molar-refractivity contribution is 0.0369.